The number of esters is 1. The summed E-state index contributed by atoms with van der Waals surface area (Å²) in [6, 6.07) is 5.94. The lowest BCUT2D eigenvalue weighted by molar-refractivity contribution is 0.0535. The smallest absolute Gasteiger partial charge is 0.338 e. The topological polar surface area (TPSA) is 26.3 Å². The molecule has 0 radical (unpaired) electrons. The summed E-state index contributed by atoms with van der Waals surface area (Å²) in [4.78, 5) is 11.1. The Morgan fingerprint density at radius 3 is 3.08 bits per heavy atom. The Bertz CT molecular complexity index is 329. The Labute approximate surface area is 71.2 Å². The summed E-state index contributed by atoms with van der Waals surface area (Å²) in [6.45, 7) is 2.51. The summed E-state index contributed by atoms with van der Waals surface area (Å²) in [7, 11) is 0. The third kappa shape index (κ3) is 0.998. The Morgan fingerprint density at radius 2 is 2.33 bits per heavy atom. The molecule has 0 spiro atoms. The van der Waals surface area contributed by atoms with Crippen molar-refractivity contribution in [3.8, 4) is 0 Å². The van der Waals surface area contributed by atoms with Gasteiger partial charge in [-0.15, -0.1) is 0 Å². The number of benzene rings is 1. The molecule has 1 heterocycles. The van der Waals surface area contributed by atoms with Crippen LogP contribution >= 0.6 is 0 Å². The first kappa shape index (κ1) is 7.35. The largest absolute Gasteiger partial charge is 0.457 e. The average molecular weight is 162 g/mol. The van der Waals surface area contributed by atoms with Crippen LogP contribution in [-0.4, -0.2) is 5.97 Å². The highest BCUT2D eigenvalue weighted by Gasteiger charge is 2.20. The van der Waals surface area contributed by atoms with Crippen LogP contribution in [0.1, 0.15) is 28.4 Å². The van der Waals surface area contributed by atoms with Gasteiger partial charge in [0.05, 0.1) is 5.56 Å². The van der Waals surface area contributed by atoms with Crippen LogP contribution in [0.2, 0.25) is 0 Å². The second-order valence-electron chi connectivity index (χ2n) is 2.92. The van der Waals surface area contributed by atoms with Crippen molar-refractivity contribution in [1.82, 2.24) is 0 Å². The van der Waals surface area contributed by atoms with E-state index in [2.05, 4.69) is 6.92 Å². The quantitative estimate of drug-likeness (QED) is 0.590. The van der Waals surface area contributed by atoms with Gasteiger partial charge in [0.1, 0.15) is 6.61 Å². The molecule has 0 unspecified atom stereocenters. The summed E-state index contributed by atoms with van der Waals surface area (Å²) in [5.41, 5.74) is 2.94. The Kier molecular flexibility index (Phi) is 1.61. The predicted octanol–water partition coefficient (Wildman–Crippen LogP) is 1.92. The Morgan fingerprint density at radius 1 is 1.50 bits per heavy atom. The van der Waals surface area contributed by atoms with Gasteiger partial charge in [-0.2, -0.15) is 0 Å². The van der Waals surface area contributed by atoms with Crippen LogP contribution < -0.4 is 0 Å². The Hall–Kier alpha value is -1.31. The fourth-order valence-corrected chi connectivity index (χ4v) is 1.38. The van der Waals surface area contributed by atoms with Gasteiger partial charge in [-0.25, -0.2) is 4.79 Å². The average Bonchev–Trinajstić information content (AvgIpc) is 2.47. The van der Waals surface area contributed by atoms with Gasteiger partial charge in [0.15, 0.2) is 0 Å². The third-order valence-corrected chi connectivity index (χ3v) is 2.16. The van der Waals surface area contributed by atoms with Gasteiger partial charge in [-0.1, -0.05) is 19.1 Å². The van der Waals surface area contributed by atoms with E-state index < -0.39 is 0 Å². The predicted molar refractivity (Wildman–Crippen MR) is 44.9 cm³/mol. The molecule has 1 aliphatic heterocycles. The van der Waals surface area contributed by atoms with E-state index in [9.17, 15) is 4.79 Å². The molecule has 2 heteroatoms. The van der Waals surface area contributed by atoms with Crippen LogP contribution in [0.5, 0.6) is 0 Å². The summed E-state index contributed by atoms with van der Waals surface area (Å²) >= 11 is 0. The molecule has 0 N–H and O–H groups in total. The van der Waals surface area contributed by atoms with Crippen molar-refractivity contribution in [3.63, 3.8) is 0 Å². The lowest BCUT2D eigenvalue weighted by Crippen LogP contribution is -1.94. The first-order chi connectivity index (χ1) is 5.81. The van der Waals surface area contributed by atoms with Gasteiger partial charge < -0.3 is 4.74 Å². The molecular weight excluding hydrogens is 152 g/mol. The molecule has 62 valence electrons. The first-order valence-electron chi connectivity index (χ1n) is 4.10. The van der Waals surface area contributed by atoms with Gasteiger partial charge >= 0.3 is 5.97 Å². The number of ether oxygens (including phenoxy) is 1. The highest BCUT2D eigenvalue weighted by atomic mass is 16.5. The van der Waals surface area contributed by atoms with Crippen molar-refractivity contribution in [2.45, 2.75) is 20.0 Å². The van der Waals surface area contributed by atoms with E-state index in [4.69, 9.17) is 4.74 Å². The molecule has 12 heavy (non-hydrogen) atoms. The van der Waals surface area contributed by atoms with E-state index in [0.29, 0.717) is 6.61 Å². The molecule has 0 saturated heterocycles. The molecule has 0 bridgehead atoms. The number of hydrogen-bond acceptors (Lipinski definition) is 2. The number of rotatable bonds is 1. The van der Waals surface area contributed by atoms with E-state index in [-0.39, 0.29) is 5.97 Å². The van der Waals surface area contributed by atoms with Gasteiger partial charge in [0, 0.05) is 5.56 Å². The van der Waals surface area contributed by atoms with E-state index in [0.717, 1.165) is 17.5 Å². The van der Waals surface area contributed by atoms with E-state index >= 15 is 0 Å². The molecule has 1 aromatic carbocycles. The van der Waals surface area contributed by atoms with E-state index in [1.807, 2.05) is 18.2 Å². The van der Waals surface area contributed by atoms with Crippen LogP contribution in [0, 0.1) is 0 Å². The van der Waals surface area contributed by atoms with Crippen molar-refractivity contribution in [1.29, 1.82) is 0 Å². The first-order valence-corrected chi connectivity index (χ1v) is 4.10. The monoisotopic (exact) mass is 162 g/mol. The molecule has 0 amide bonds. The molecule has 0 aliphatic carbocycles. The number of cyclic esters (lactones) is 1. The van der Waals surface area contributed by atoms with Crippen molar-refractivity contribution < 1.29 is 9.53 Å². The molecule has 0 saturated carbocycles. The van der Waals surface area contributed by atoms with Crippen molar-refractivity contribution in [3.05, 3.63) is 34.9 Å². The summed E-state index contributed by atoms with van der Waals surface area (Å²) in [5, 5.41) is 0. The molecule has 2 nitrogen and oxygen atoms in total. The molecular formula is C10H10O2. The number of aryl methyl sites for hydroxylation is 1. The van der Waals surface area contributed by atoms with Crippen molar-refractivity contribution >= 4 is 5.97 Å². The minimum Gasteiger partial charge on any atom is -0.457 e. The van der Waals surface area contributed by atoms with Gasteiger partial charge in [0.2, 0.25) is 0 Å². The summed E-state index contributed by atoms with van der Waals surface area (Å²) in [5.74, 6) is -0.180. The molecule has 0 atom stereocenters. The number of carbonyl (C=O) groups is 1. The van der Waals surface area contributed by atoms with Crippen LogP contribution in [0.15, 0.2) is 18.2 Å². The van der Waals surface area contributed by atoms with Crippen LogP contribution in [0.4, 0.5) is 0 Å². The highest BCUT2D eigenvalue weighted by molar-refractivity contribution is 5.93. The van der Waals surface area contributed by atoms with Gasteiger partial charge in [-0.3, -0.25) is 0 Å². The minimum atomic E-state index is -0.180. The maximum atomic E-state index is 11.1. The van der Waals surface area contributed by atoms with E-state index in [1.54, 1.807) is 0 Å². The summed E-state index contributed by atoms with van der Waals surface area (Å²) in [6.07, 6.45) is 0.959. The van der Waals surface area contributed by atoms with E-state index in [1.165, 1.54) is 5.56 Å². The van der Waals surface area contributed by atoms with Crippen LogP contribution in [0.25, 0.3) is 0 Å². The van der Waals surface area contributed by atoms with Crippen molar-refractivity contribution in [2.24, 2.45) is 0 Å². The fourth-order valence-electron chi connectivity index (χ4n) is 1.38. The molecule has 0 fully saturated rings. The Balaban J connectivity index is 2.50. The van der Waals surface area contributed by atoms with Gasteiger partial charge in [-0.05, 0) is 18.1 Å². The highest BCUT2D eigenvalue weighted by Crippen LogP contribution is 2.20. The fraction of sp³-hybridized carbons (Fsp3) is 0.300. The molecule has 1 aromatic rings. The zero-order valence-corrected chi connectivity index (χ0v) is 6.96. The second-order valence-corrected chi connectivity index (χ2v) is 2.92. The summed E-state index contributed by atoms with van der Waals surface area (Å²) < 4.78 is 4.88. The van der Waals surface area contributed by atoms with Crippen molar-refractivity contribution in [2.75, 3.05) is 0 Å². The lowest BCUT2D eigenvalue weighted by atomic mass is 10.0. The zero-order chi connectivity index (χ0) is 8.55. The normalized spacial score (nSPS) is 14.2. The second kappa shape index (κ2) is 2.63. The maximum absolute atomic E-state index is 11.1. The SMILES string of the molecule is CCc1ccc2c(c1)C(=O)OC2. The molecule has 1 aliphatic rings. The molecule has 2 rings (SSSR count). The van der Waals surface area contributed by atoms with Crippen LogP contribution in [-0.2, 0) is 17.8 Å². The standard InChI is InChI=1S/C10H10O2/c1-2-7-3-4-8-6-12-10(11)9(8)5-7/h3-5H,2,6H2,1H3. The minimum absolute atomic E-state index is 0.180. The third-order valence-electron chi connectivity index (χ3n) is 2.16. The maximum Gasteiger partial charge on any atom is 0.338 e. The number of hydrogen-bond donors (Lipinski definition) is 0. The number of fused-ring (bicyclic) bond motifs is 1. The van der Waals surface area contributed by atoms with Crippen LogP contribution in [0.3, 0.4) is 0 Å². The van der Waals surface area contributed by atoms with Gasteiger partial charge in [0.25, 0.3) is 0 Å². The lowest BCUT2D eigenvalue weighted by Gasteiger charge is -1.97. The number of carbonyl (C=O) groups excluding carboxylic acids is 1. The molecule has 0 aromatic heterocycles. The zero-order valence-electron chi connectivity index (χ0n) is 6.96.